The molecule has 0 saturated heterocycles. The van der Waals surface area contributed by atoms with Crippen LogP contribution in [0.15, 0.2) is 28.7 Å². The lowest BCUT2D eigenvalue weighted by Gasteiger charge is -2.10. The maximum Gasteiger partial charge on any atom is 0.306 e. The third kappa shape index (κ3) is 4.61. The normalized spacial score (nSPS) is 12.2. The molecule has 1 atom stereocenters. The number of ether oxygens (including phenoxy) is 1. The summed E-state index contributed by atoms with van der Waals surface area (Å²) in [4.78, 5) is 21.9. The molecule has 0 unspecified atom stereocenters. The number of nitrogens with zero attached hydrogens (tertiary/aromatic N) is 3. The van der Waals surface area contributed by atoms with Crippen LogP contribution in [0, 0.1) is 16.0 Å². The largest absolute Gasteiger partial charge is 0.453 e. The van der Waals surface area contributed by atoms with Crippen molar-refractivity contribution >= 4 is 11.7 Å². The van der Waals surface area contributed by atoms with Gasteiger partial charge in [0, 0.05) is 24.1 Å². The van der Waals surface area contributed by atoms with Gasteiger partial charge in [-0.05, 0) is 31.4 Å². The molecule has 8 nitrogen and oxygen atoms in total. The van der Waals surface area contributed by atoms with Gasteiger partial charge in [0.1, 0.15) is 0 Å². The summed E-state index contributed by atoms with van der Waals surface area (Å²) in [6.07, 6.45) is 0.443. The van der Waals surface area contributed by atoms with Gasteiger partial charge in [0.15, 0.2) is 6.10 Å². The first kappa shape index (κ1) is 17.6. The minimum Gasteiger partial charge on any atom is -0.453 e. The van der Waals surface area contributed by atoms with Crippen LogP contribution in [0.25, 0.3) is 11.5 Å². The Balaban J connectivity index is 2.01. The van der Waals surface area contributed by atoms with E-state index in [0.717, 1.165) is 6.42 Å². The molecular weight excluding hydrogens is 314 g/mol. The molecule has 24 heavy (non-hydrogen) atoms. The summed E-state index contributed by atoms with van der Waals surface area (Å²) < 4.78 is 10.8. The Morgan fingerprint density at radius 2 is 1.92 bits per heavy atom. The van der Waals surface area contributed by atoms with Gasteiger partial charge in [-0.15, -0.1) is 10.2 Å². The smallest absolute Gasteiger partial charge is 0.306 e. The van der Waals surface area contributed by atoms with Crippen LogP contribution in [0.3, 0.4) is 0 Å². The van der Waals surface area contributed by atoms with Gasteiger partial charge in [0.2, 0.25) is 5.89 Å². The molecule has 1 heterocycles. The fourth-order valence-corrected chi connectivity index (χ4v) is 1.95. The molecule has 0 spiro atoms. The molecule has 1 aromatic carbocycles. The average Bonchev–Trinajstić information content (AvgIpc) is 3.03. The zero-order valence-corrected chi connectivity index (χ0v) is 13.8. The number of hydrogen-bond donors (Lipinski definition) is 0. The maximum absolute atomic E-state index is 11.7. The summed E-state index contributed by atoms with van der Waals surface area (Å²) in [6, 6.07) is 5.76. The monoisotopic (exact) mass is 333 g/mol. The van der Waals surface area contributed by atoms with E-state index in [1.807, 2.05) is 13.8 Å². The van der Waals surface area contributed by atoms with Crippen LogP contribution in [0.5, 0.6) is 0 Å². The van der Waals surface area contributed by atoms with E-state index in [0.29, 0.717) is 17.9 Å². The first-order valence-corrected chi connectivity index (χ1v) is 7.64. The van der Waals surface area contributed by atoms with Gasteiger partial charge in [-0.3, -0.25) is 14.9 Å². The second-order valence-electron chi connectivity index (χ2n) is 5.81. The highest BCUT2D eigenvalue weighted by molar-refractivity contribution is 5.69. The van der Waals surface area contributed by atoms with E-state index < -0.39 is 11.0 Å². The fourth-order valence-electron chi connectivity index (χ4n) is 1.95. The topological polar surface area (TPSA) is 108 Å². The van der Waals surface area contributed by atoms with Gasteiger partial charge in [-0.1, -0.05) is 13.8 Å². The first-order chi connectivity index (χ1) is 11.4. The highest BCUT2D eigenvalue weighted by Gasteiger charge is 2.19. The van der Waals surface area contributed by atoms with Gasteiger partial charge >= 0.3 is 5.97 Å². The minimum atomic E-state index is -0.649. The molecule has 0 radical (unpaired) electrons. The number of aromatic nitrogens is 2. The molecule has 0 saturated carbocycles. The quantitative estimate of drug-likeness (QED) is 0.432. The van der Waals surface area contributed by atoms with Gasteiger partial charge in [0.25, 0.3) is 11.6 Å². The second-order valence-corrected chi connectivity index (χ2v) is 5.81. The van der Waals surface area contributed by atoms with Gasteiger partial charge in [0.05, 0.1) is 4.92 Å². The molecule has 0 aliphatic rings. The third-order valence-electron chi connectivity index (χ3n) is 3.35. The molecule has 128 valence electrons. The van der Waals surface area contributed by atoms with Crippen molar-refractivity contribution in [1.82, 2.24) is 10.2 Å². The van der Waals surface area contributed by atoms with Crippen molar-refractivity contribution in [2.45, 2.75) is 39.7 Å². The van der Waals surface area contributed by atoms with Crippen LogP contribution in [0.1, 0.15) is 45.6 Å². The number of nitro benzene ring substituents is 1. The van der Waals surface area contributed by atoms with Crippen LogP contribution in [0.2, 0.25) is 0 Å². The standard InChI is InChI=1S/C16H19N3O5/c1-10(2)4-9-14(20)23-11(3)15-17-18-16(24-15)12-5-7-13(8-6-12)19(21)22/h5-8,10-11H,4,9H2,1-3H3/t11-/m1/s1. The van der Waals surface area contributed by atoms with E-state index >= 15 is 0 Å². The van der Waals surface area contributed by atoms with Crippen molar-refractivity contribution in [3.8, 4) is 11.5 Å². The predicted octanol–water partition coefficient (Wildman–Crippen LogP) is 3.69. The Labute approximate surface area is 139 Å². The molecule has 1 aromatic heterocycles. The molecule has 2 aromatic rings. The van der Waals surface area contributed by atoms with E-state index in [9.17, 15) is 14.9 Å². The van der Waals surface area contributed by atoms with Crippen LogP contribution >= 0.6 is 0 Å². The Morgan fingerprint density at radius 1 is 1.25 bits per heavy atom. The zero-order chi connectivity index (χ0) is 17.7. The number of benzene rings is 1. The summed E-state index contributed by atoms with van der Waals surface area (Å²) in [5.41, 5.74) is 0.531. The van der Waals surface area contributed by atoms with Gasteiger partial charge in [-0.25, -0.2) is 0 Å². The summed E-state index contributed by atoms with van der Waals surface area (Å²) in [6.45, 7) is 5.72. The number of nitro groups is 1. The molecule has 0 aliphatic heterocycles. The van der Waals surface area contributed by atoms with Crippen molar-refractivity contribution in [3.63, 3.8) is 0 Å². The minimum absolute atomic E-state index is 0.0223. The average molecular weight is 333 g/mol. The summed E-state index contributed by atoms with van der Waals surface area (Å²) in [7, 11) is 0. The van der Waals surface area contributed by atoms with Gasteiger partial charge < -0.3 is 9.15 Å². The van der Waals surface area contributed by atoms with Crippen molar-refractivity contribution < 1.29 is 18.9 Å². The summed E-state index contributed by atoms with van der Waals surface area (Å²) in [5, 5.41) is 18.4. The first-order valence-electron chi connectivity index (χ1n) is 7.64. The number of esters is 1. The van der Waals surface area contributed by atoms with Crippen molar-refractivity contribution in [2.75, 3.05) is 0 Å². The Morgan fingerprint density at radius 3 is 2.50 bits per heavy atom. The number of carbonyl (C=O) groups excluding carboxylic acids is 1. The highest BCUT2D eigenvalue weighted by atomic mass is 16.6. The Kier molecular flexibility index (Phi) is 5.62. The molecule has 0 bridgehead atoms. The molecule has 8 heteroatoms. The van der Waals surface area contributed by atoms with Crippen LogP contribution < -0.4 is 0 Å². The molecule has 0 aliphatic carbocycles. The molecule has 0 N–H and O–H groups in total. The highest BCUT2D eigenvalue weighted by Crippen LogP contribution is 2.24. The Bertz CT molecular complexity index is 709. The molecular formula is C16H19N3O5. The lowest BCUT2D eigenvalue weighted by atomic mass is 10.1. The van der Waals surface area contributed by atoms with Crippen LogP contribution in [-0.4, -0.2) is 21.1 Å². The third-order valence-corrected chi connectivity index (χ3v) is 3.35. The molecule has 0 amide bonds. The lowest BCUT2D eigenvalue weighted by molar-refractivity contribution is -0.384. The molecule has 0 fully saturated rings. The van der Waals surface area contributed by atoms with E-state index in [4.69, 9.17) is 9.15 Å². The number of hydrogen-bond acceptors (Lipinski definition) is 7. The van der Waals surface area contributed by atoms with E-state index in [1.54, 1.807) is 6.92 Å². The number of non-ortho nitro benzene ring substituents is 1. The summed E-state index contributed by atoms with van der Waals surface area (Å²) in [5.74, 6) is 0.502. The predicted molar refractivity (Wildman–Crippen MR) is 85.0 cm³/mol. The van der Waals surface area contributed by atoms with Crippen molar-refractivity contribution in [3.05, 3.63) is 40.3 Å². The Hall–Kier alpha value is -2.77. The van der Waals surface area contributed by atoms with Gasteiger partial charge in [-0.2, -0.15) is 0 Å². The van der Waals surface area contributed by atoms with E-state index in [2.05, 4.69) is 10.2 Å². The van der Waals surface area contributed by atoms with E-state index in [1.165, 1.54) is 24.3 Å². The second kappa shape index (κ2) is 7.67. The van der Waals surface area contributed by atoms with Crippen LogP contribution in [0.4, 0.5) is 5.69 Å². The SMILES string of the molecule is CC(C)CCC(=O)O[C@H](C)c1nnc(-c2ccc([N+](=O)[O-])cc2)o1. The number of rotatable bonds is 7. The number of carbonyl (C=O) groups is 1. The summed E-state index contributed by atoms with van der Waals surface area (Å²) >= 11 is 0. The lowest BCUT2D eigenvalue weighted by Crippen LogP contribution is -2.09. The maximum atomic E-state index is 11.7. The van der Waals surface area contributed by atoms with Crippen LogP contribution in [-0.2, 0) is 9.53 Å². The van der Waals surface area contributed by atoms with Crippen molar-refractivity contribution in [1.29, 1.82) is 0 Å². The fraction of sp³-hybridized carbons (Fsp3) is 0.438. The van der Waals surface area contributed by atoms with Crippen molar-refractivity contribution in [2.24, 2.45) is 5.92 Å². The van der Waals surface area contributed by atoms with E-state index in [-0.39, 0.29) is 23.4 Å². The molecule has 2 rings (SSSR count). The zero-order valence-electron chi connectivity index (χ0n) is 13.8.